The van der Waals surface area contributed by atoms with Crippen molar-refractivity contribution in [3.05, 3.63) is 42.5 Å². The first-order valence-electron chi connectivity index (χ1n) is 6.07. The van der Waals surface area contributed by atoms with Crippen LogP contribution in [0.2, 0.25) is 0 Å². The Hall–Kier alpha value is -1.95. The Morgan fingerprint density at radius 1 is 1.00 bits per heavy atom. The SMILES string of the molecule is O=S(=O)(c1ccccc1)c1ccc(NC2CC2)nn1. The van der Waals surface area contributed by atoms with Crippen LogP contribution in [0.1, 0.15) is 12.8 Å². The van der Waals surface area contributed by atoms with Gasteiger partial charge in [0.2, 0.25) is 9.84 Å². The maximum absolute atomic E-state index is 12.3. The van der Waals surface area contributed by atoms with Gasteiger partial charge in [-0.3, -0.25) is 0 Å². The second kappa shape index (κ2) is 4.62. The van der Waals surface area contributed by atoms with Crippen molar-refractivity contribution in [2.24, 2.45) is 0 Å². The molecule has 6 heteroatoms. The molecule has 1 heterocycles. The summed E-state index contributed by atoms with van der Waals surface area (Å²) in [6, 6.07) is 11.8. The smallest absolute Gasteiger partial charge is 0.225 e. The fraction of sp³-hybridized carbons (Fsp3) is 0.231. The Kier molecular flexibility index (Phi) is 2.94. The quantitative estimate of drug-likeness (QED) is 0.922. The summed E-state index contributed by atoms with van der Waals surface area (Å²) in [5, 5.41) is 10.9. The van der Waals surface area contributed by atoms with E-state index in [9.17, 15) is 8.42 Å². The Bertz CT molecular complexity index is 665. The predicted octanol–water partition coefficient (Wildman–Crippen LogP) is 1.88. The molecule has 0 unspecified atom stereocenters. The first kappa shape index (κ1) is 12.1. The largest absolute Gasteiger partial charge is 0.366 e. The predicted molar refractivity (Wildman–Crippen MR) is 70.6 cm³/mol. The van der Waals surface area contributed by atoms with Crippen LogP contribution in [0.15, 0.2) is 52.4 Å². The standard InChI is InChI=1S/C13H13N3O2S/c17-19(18,11-4-2-1-3-5-11)13-9-8-12(15-16-13)14-10-6-7-10/h1-5,8-10H,6-7H2,(H,14,15). The molecule has 1 aliphatic rings. The van der Waals surface area contributed by atoms with Crippen LogP contribution in [-0.4, -0.2) is 24.7 Å². The van der Waals surface area contributed by atoms with Gasteiger partial charge in [-0.1, -0.05) is 18.2 Å². The van der Waals surface area contributed by atoms with E-state index in [1.54, 1.807) is 36.4 Å². The zero-order chi connectivity index (χ0) is 13.3. The fourth-order valence-electron chi connectivity index (χ4n) is 1.70. The minimum atomic E-state index is -3.57. The van der Waals surface area contributed by atoms with Gasteiger partial charge in [0.25, 0.3) is 0 Å². The lowest BCUT2D eigenvalue weighted by atomic mass is 10.4. The molecule has 5 nitrogen and oxygen atoms in total. The van der Waals surface area contributed by atoms with Crippen molar-refractivity contribution in [1.82, 2.24) is 10.2 Å². The fourth-order valence-corrected chi connectivity index (χ4v) is 2.85. The van der Waals surface area contributed by atoms with Gasteiger partial charge in [-0.05, 0) is 37.1 Å². The van der Waals surface area contributed by atoms with Crippen LogP contribution in [0.3, 0.4) is 0 Å². The van der Waals surface area contributed by atoms with Crippen LogP contribution in [0.4, 0.5) is 5.82 Å². The monoisotopic (exact) mass is 275 g/mol. The molecule has 0 bridgehead atoms. The number of sulfone groups is 1. The summed E-state index contributed by atoms with van der Waals surface area (Å²) >= 11 is 0. The summed E-state index contributed by atoms with van der Waals surface area (Å²) in [4.78, 5) is 0.229. The molecule has 1 aromatic carbocycles. The molecule has 19 heavy (non-hydrogen) atoms. The third-order valence-electron chi connectivity index (χ3n) is 2.90. The van der Waals surface area contributed by atoms with Gasteiger partial charge in [0, 0.05) is 6.04 Å². The number of benzene rings is 1. The third-order valence-corrected chi connectivity index (χ3v) is 4.56. The van der Waals surface area contributed by atoms with E-state index in [1.165, 1.54) is 6.07 Å². The first-order chi connectivity index (χ1) is 9.16. The Morgan fingerprint density at radius 2 is 1.74 bits per heavy atom. The van der Waals surface area contributed by atoms with Gasteiger partial charge in [-0.2, -0.15) is 0 Å². The van der Waals surface area contributed by atoms with Crippen LogP contribution >= 0.6 is 0 Å². The molecule has 1 saturated carbocycles. The number of aromatic nitrogens is 2. The lowest BCUT2D eigenvalue weighted by Gasteiger charge is -2.05. The topological polar surface area (TPSA) is 72.0 Å². The molecule has 0 aliphatic heterocycles. The van der Waals surface area contributed by atoms with Crippen LogP contribution in [0.25, 0.3) is 0 Å². The number of nitrogens with zero attached hydrogens (tertiary/aromatic N) is 2. The Balaban J connectivity index is 1.88. The van der Waals surface area contributed by atoms with E-state index in [0.717, 1.165) is 12.8 Å². The second-order valence-corrected chi connectivity index (χ2v) is 6.39. The van der Waals surface area contributed by atoms with E-state index in [4.69, 9.17) is 0 Å². The summed E-state index contributed by atoms with van der Waals surface area (Å²) < 4.78 is 24.5. The lowest BCUT2D eigenvalue weighted by Crippen LogP contribution is -2.08. The zero-order valence-electron chi connectivity index (χ0n) is 10.2. The molecule has 0 amide bonds. The molecule has 0 radical (unpaired) electrons. The molecule has 1 N–H and O–H groups in total. The molecule has 0 spiro atoms. The molecule has 98 valence electrons. The molecule has 1 aliphatic carbocycles. The Morgan fingerprint density at radius 3 is 2.32 bits per heavy atom. The van der Waals surface area contributed by atoms with Crippen molar-refractivity contribution in [3.8, 4) is 0 Å². The van der Waals surface area contributed by atoms with Crippen molar-refractivity contribution >= 4 is 15.7 Å². The summed E-state index contributed by atoms with van der Waals surface area (Å²) in [5.41, 5.74) is 0. The first-order valence-corrected chi connectivity index (χ1v) is 7.55. The normalized spacial score (nSPS) is 15.2. The number of rotatable bonds is 4. The highest BCUT2D eigenvalue weighted by Gasteiger charge is 2.23. The number of hydrogen-bond donors (Lipinski definition) is 1. The maximum Gasteiger partial charge on any atom is 0.225 e. The highest BCUT2D eigenvalue weighted by molar-refractivity contribution is 7.91. The average Bonchev–Trinajstić information content (AvgIpc) is 3.24. The van der Waals surface area contributed by atoms with E-state index in [-0.39, 0.29) is 9.92 Å². The molecule has 1 aromatic heterocycles. The number of anilines is 1. The Labute approximate surface area is 111 Å². The van der Waals surface area contributed by atoms with Gasteiger partial charge in [0.15, 0.2) is 5.03 Å². The van der Waals surface area contributed by atoms with Gasteiger partial charge < -0.3 is 5.32 Å². The third kappa shape index (κ3) is 2.58. The van der Waals surface area contributed by atoms with Gasteiger partial charge in [0.1, 0.15) is 5.82 Å². The molecular weight excluding hydrogens is 262 g/mol. The van der Waals surface area contributed by atoms with E-state index in [2.05, 4.69) is 15.5 Å². The van der Waals surface area contributed by atoms with Gasteiger partial charge in [0.05, 0.1) is 4.90 Å². The molecule has 1 fully saturated rings. The lowest BCUT2D eigenvalue weighted by molar-refractivity contribution is 0.590. The van der Waals surface area contributed by atoms with Crippen molar-refractivity contribution < 1.29 is 8.42 Å². The average molecular weight is 275 g/mol. The maximum atomic E-state index is 12.3. The van der Waals surface area contributed by atoms with Gasteiger partial charge >= 0.3 is 0 Å². The van der Waals surface area contributed by atoms with Crippen LogP contribution in [-0.2, 0) is 9.84 Å². The summed E-state index contributed by atoms with van der Waals surface area (Å²) in [6.07, 6.45) is 2.26. The molecule has 0 saturated heterocycles. The van der Waals surface area contributed by atoms with Crippen molar-refractivity contribution in [3.63, 3.8) is 0 Å². The second-order valence-electron chi connectivity index (χ2n) is 4.49. The van der Waals surface area contributed by atoms with Crippen LogP contribution in [0.5, 0.6) is 0 Å². The number of hydrogen-bond acceptors (Lipinski definition) is 5. The van der Waals surface area contributed by atoms with Gasteiger partial charge in [-0.25, -0.2) is 8.42 Å². The van der Waals surface area contributed by atoms with E-state index >= 15 is 0 Å². The van der Waals surface area contributed by atoms with Crippen molar-refractivity contribution in [1.29, 1.82) is 0 Å². The molecule has 2 aromatic rings. The number of nitrogens with one attached hydrogen (secondary N) is 1. The summed E-state index contributed by atoms with van der Waals surface area (Å²) in [5.74, 6) is 0.620. The minimum absolute atomic E-state index is 0.0277. The van der Waals surface area contributed by atoms with E-state index < -0.39 is 9.84 Å². The van der Waals surface area contributed by atoms with Crippen molar-refractivity contribution in [2.45, 2.75) is 28.8 Å². The molecule has 0 atom stereocenters. The van der Waals surface area contributed by atoms with Crippen molar-refractivity contribution in [2.75, 3.05) is 5.32 Å². The molecular formula is C13H13N3O2S. The van der Waals surface area contributed by atoms with E-state index in [1.807, 2.05) is 0 Å². The highest BCUT2D eigenvalue weighted by atomic mass is 32.2. The van der Waals surface area contributed by atoms with Crippen LogP contribution in [0, 0.1) is 0 Å². The van der Waals surface area contributed by atoms with Gasteiger partial charge in [-0.15, -0.1) is 10.2 Å². The van der Waals surface area contributed by atoms with Crippen LogP contribution < -0.4 is 5.32 Å². The summed E-state index contributed by atoms with van der Waals surface area (Å²) in [7, 11) is -3.57. The molecule has 3 rings (SSSR count). The highest BCUT2D eigenvalue weighted by Crippen LogP contribution is 2.24. The minimum Gasteiger partial charge on any atom is -0.366 e. The summed E-state index contributed by atoms with van der Waals surface area (Å²) in [6.45, 7) is 0. The zero-order valence-corrected chi connectivity index (χ0v) is 11.0. The van der Waals surface area contributed by atoms with E-state index in [0.29, 0.717) is 11.9 Å².